The van der Waals surface area contributed by atoms with Gasteiger partial charge in [-0.3, -0.25) is 4.79 Å². The van der Waals surface area contributed by atoms with Gasteiger partial charge in [0.05, 0.1) is 22.9 Å². The fourth-order valence-corrected chi connectivity index (χ4v) is 3.51. The minimum atomic E-state index is -0.0523. The zero-order chi connectivity index (χ0) is 18.5. The number of aryl methyl sites for hydroxylation is 2. The maximum Gasteiger partial charge on any atom is 0.234 e. The van der Waals surface area contributed by atoms with E-state index in [1.165, 1.54) is 17.3 Å². The third-order valence-corrected chi connectivity index (χ3v) is 4.94. The average Bonchev–Trinajstić information content (AvgIpc) is 2.63. The van der Waals surface area contributed by atoms with E-state index in [2.05, 4.69) is 31.3 Å². The summed E-state index contributed by atoms with van der Waals surface area (Å²) in [7, 11) is 0. The van der Waals surface area contributed by atoms with E-state index >= 15 is 0 Å². The lowest BCUT2D eigenvalue weighted by molar-refractivity contribution is -0.113. The molecule has 0 saturated heterocycles. The molecule has 26 heavy (non-hydrogen) atoms. The van der Waals surface area contributed by atoms with Crippen LogP contribution in [0.25, 0.3) is 10.9 Å². The molecule has 3 rings (SSSR count). The summed E-state index contributed by atoms with van der Waals surface area (Å²) in [6.45, 7) is 6.70. The number of carbonyl (C=O) groups is 1. The van der Waals surface area contributed by atoms with E-state index in [9.17, 15) is 4.79 Å². The number of amides is 1. The smallest absolute Gasteiger partial charge is 0.234 e. The Labute approximate surface area is 158 Å². The standard InChI is InChI=1S/C21H22N2O2S/c1-4-25-17-10-8-16(9-11-17)22-19(24)13-26-20-12-15(3)18-7-5-6-14(2)21(18)23-20/h5-12H,4,13H2,1-3H3,(H,22,24). The van der Waals surface area contributed by atoms with Crippen molar-refractivity contribution in [3.05, 3.63) is 59.7 Å². The summed E-state index contributed by atoms with van der Waals surface area (Å²) in [5.74, 6) is 1.06. The largest absolute Gasteiger partial charge is 0.494 e. The van der Waals surface area contributed by atoms with Gasteiger partial charge in [0.1, 0.15) is 5.75 Å². The monoisotopic (exact) mass is 366 g/mol. The summed E-state index contributed by atoms with van der Waals surface area (Å²) >= 11 is 1.45. The Morgan fingerprint density at radius 3 is 2.62 bits per heavy atom. The summed E-state index contributed by atoms with van der Waals surface area (Å²) in [5, 5.41) is 4.93. The number of nitrogens with one attached hydrogen (secondary N) is 1. The van der Waals surface area contributed by atoms with Gasteiger partial charge in [-0.25, -0.2) is 4.98 Å². The van der Waals surface area contributed by atoms with Gasteiger partial charge in [0.15, 0.2) is 0 Å². The minimum Gasteiger partial charge on any atom is -0.494 e. The van der Waals surface area contributed by atoms with Crippen LogP contribution in [0.2, 0.25) is 0 Å². The number of hydrogen-bond acceptors (Lipinski definition) is 4. The van der Waals surface area contributed by atoms with E-state index in [1.54, 1.807) is 0 Å². The number of carbonyl (C=O) groups excluding carboxylic acids is 1. The molecule has 5 heteroatoms. The van der Waals surface area contributed by atoms with Gasteiger partial charge >= 0.3 is 0 Å². The Hall–Kier alpha value is -2.53. The van der Waals surface area contributed by atoms with Crippen LogP contribution < -0.4 is 10.1 Å². The molecule has 0 aliphatic rings. The first-order valence-corrected chi connectivity index (χ1v) is 9.58. The Bertz CT molecular complexity index is 923. The van der Waals surface area contributed by atoms with Gasteiger partial charge < -0.3 is 10.1 Å². The molecule has 0 aliphatic heterocycles. The Balaban J connectivity index is 1.64. The molecule has 1 amide bonds. The van der Waals surface area contributed by atoms with Crippen molar-refractivity contribution in [2.24, 2.45) is 0 Å². The van der Waals surface area contributed by atoms with Crippen LogP contribution >= 0.6 is 11.8 Å². The number of hydrogen-bond donors (Lipinski definition) is 1. The number of pyridine rings is 1. The van der Waals surface area contributed by atoms with Gasteiger partial charge in [-0.1, -0.05) is 30.0 Å². The highest BCUT2D eigenvalue weighted by atomic mass is 32.2. The molecule has 1 aromatic heterocycles. The van der Waals surface area contributed by atoms with Crippen molar-refractivity contribution in [1.29, 1.82) is 0 Å². The lowest BCUT2D eigenvalue weighted by Gasteiger charge is -2.09. The normalized spacial score (nSPS) is 10.7. The van der Waals surface area contributed by atoms with Crippen LogP contribution in [0.4, 0.5) is 5.69 Å². The van der Waals surface area contributed by atoms with Crippen LogP contribution in [0, 0.1) is 13.8 Å². The van der Waals surface area contributed by atoms with Gasteiger partial charge in [-0.15, -0.1) is 0 Å². The quantitative estimate of drug-likeness (QED) is 0.625. The lowest BCUT2D eigenvalue weighted by Crippen LogP contribution is -2.14. The second-order valence-electron chi connectivity index (χ2n) is 6.04. The molecule has 0 saturated carbocycles. The van der Waals surface area contributed by atoms with Gasteiger partial charge in [0.25, 0.3) is 0 Å². The molecule has 3 aromatic rings. The summed E-state index contributed by atoms with van der Waals surface area (Å²) in [6.07, 6.45) is 0. The summed E-state index contributed by atoms with van der Waals surface area (Å²) in [5.41, 5.74) is 4.08. The maximum atomic E-state index is 12.2. The molecule has 4 nitrogen and oxygen atoms in total. The Morgan fingerprint density at radius 1 is 1.12 bits per heavy atom. The fraction of sp³-hybridized carbons (Fsp3) is 0.238. The highest BCUT2D eigenvalue weighted by Gasteiger charge is 2.08. The van der Waals surface area contributed by atoms with Crippen molar-refractivity contribution in [3.8, 4) is 5.75 Å². The summed E-state index contributed by atoms with van der Waals surface area (Å²) < 4.78 is 5.40. The van der Waals surface area contributed by atoms with Crippen molar-refractivity contribution in [1.82, 2.24) is 4.98 Å². The fourth-order valence-electron chi connectivity index (χ4n) is 2.74. The highest BCUT2D eigenvalue weighted by Crippen LogP contribution is 2.25. The second-order valence-corrected chi connectivity index (χ2v) is 7.04. The number of aromatic nitrogens is 1. The van der Waals surface area contributed by atoms with Crippen LogP contribution in [0.3, 0.4) is 0 Å². The zero-order valence-electron chi connectivity index (χ0n) is 15.2. The molecule has 0 atom stereocenters. The van der Waals surface area contributed by atoms with Crippen LogP contribution in [0.1, 0.15) is 18.1 Å². The lowest BCUT2D eigenvalue weighted by atomic mass is 10.1. The molecule has 2 aromatic carbocycles. The first-order chi connectivity index (χ1) is 12.6. The van der Waals surface area contributed by atoms with Gasteiger partial charge in [0.2, 0.25) is 5.91 Å². The molecule has 0 aliphatic carbocycles. The highest BCUT2D eigenvalue weighted by molar-refractivity contribution is 7.99. The third kappa shape index (κ3) is 4.35. The van der Waals surface area contributed by atoms with E-state index in [0.717, 1.165) is 32.9 Å². The third-order valence-electron chi connectivity index (χ3n) is 4.02. The molecule has 0 bridgehead atoms. The maximum absolute atomic E-state index is 12.2. The molecule has 0 spiro atoms. The number of rotatable bonds is 6. The van der Waals surface area contributed by atoms with Crippen molar-refractivity contribution in [3.63, 3.8) is 0 Å². The van der Waals surface area contributed by atoms with E-state index in [4.69, 9.17) is 9.72 Å². The Kier molecular flexibility index (Phi) is 5.78. The van der Waals surface area contributed by atoms with Crippen molar-refractivity contribution < 1.29 is 9.53 Å². The Morgan fingerprint density at radius 2 is 1.88 bits per heavy atom. The predicted molar refractivity (Wildman–Crippen MR) is 108 cm³/mol. The number of ether oxygens (including phenoxy) is 1. The van der Waals surface area contributed by atoms with Crippen molar-refractivity contribution in [2.45, 2.75) is 25.8 Å². The van der Waals surface area contributed by atoms with Gasteiger partial charge in [0, 0.05) is 11.1 Å². The molecule has 134 valence electrons. The number of thioether (sulfide) groups is 1. The molecular weight excluding hydrogens is 344 g/mol. The first kappa shape index (κ1) is 18.3. The number of anilines is 1. The van der Waals surface area contributed by atoms with E-state index in [-0.39, 0.29) is 5.91 Å². The van der Waals surface area contributed by atoms with Crippen LogP contribution in [0.15, 0.2) is 53.6 Å². The van der Waals surface area contributed by atoms with E-state index in [0.29, 0.717) is 12.4 Å². The van der Waals surface area contributed by atoms with E-state index in [1.807, 2.05) is 43.3 Å². The van der Waals surface area contributed by atoms with Crippen LogP contribution in [-0.4, -0.2) is 23.3 Å². The molecule has 1 N–H and O–H groups in total. The molecule has 0 fully saturated rings. The van der Waals surface area contributed by atoms with Gasteiger partial charge in [-0.05, 0) is 62.2 Å². The van der Waals surface area contributed by atoms with Crippen LogP contribution in [-0.2, 0) is 4.79 Å². The summed E-state index contributed by atoms with van der Waals surface area (Å²) in [4.78, 5) is 16.9. The topological polar surface area (TPSA) is 51.2 Å². The number of benzene rings is 2. The second kappa shape index (κ2) is 8.23. The SMILES string of the molecule is CCOc1ccc(NC(=O)CSc2cc(C)c3cccc(C)c3n2)cc1. The zero-order valence-corrected chi connectivity index (χ0v) is 16.0. The number of fused-ring (bicyclic) bond motifs is 1. The first-order valence-electron chi connectivity index (χ1n) is 8.59. The number of nitrogens with zero attached hydrogens (tertiary/aromatic N) is 1. The summed E-state index contributed by atoms with van der Waals surface area (Å²) in [6, 6.07) is 15.6. The molecule has 1 heterocycles. The van der Waals surface area contributed by atoms with E-state index < -0.39 is 0 Å². The molecule has 0 unspecified atom stereocenters. The minimum absolute atomic E-state index is 0.0523. The van der Waals surface area contributed by atoms with Crippen molar-refractivity contribution in [2.75, 3.05) is 17.7 Å². The van der Waals surface area contributed by atoms with Crippen molar-refractivity contribution >= 4 is 34.3 Å². The molecule has 0 radical (unpaired) electrons. The van der Waals surface area contributed by atoms with Crippen LogP contribution in [0.5, 0.6) is 5.75 Å². The van der Waals surface area contributed by atoms with Gasteiger partial charge in [-0.2, -0.15) is 0 Å². The number of para-hydroxylation sites is 1. The molecular formula is C21H22N2O2S. The predicted octanol–water partition coefficient (Wildman–Crippen LogP) is 4.98. The average molecular weight is 366 g/mol.